The zero-order valence-corrected chi connectivity index (χ0v) is 13.0. The van der Waals surface area contributed by atoms with Gasteiger partial charge in [-0.1, -0.05) is 12.1 Å². The lowest BCUT2D eigenvalue weighted by Gasteiger charge is -2.10. The summed E-state index contributed by atoms with van der Waals surface area (Å²) in [4.78, 5) is 18.6. The summed E-state index contributed by atoms with van der Waals surface area (Å²) in [6.07, 6.45) is 1.73. The van der Waals surface area contributed by atoms with Gasteiger partial charge in [-0.25, -0.2) is 13.8 Å². The second-order valence-electron chi connectivity index (χ2n) is 4.96. The van der Waals surface area contributed by atoms with Crippen molar-refractivity contribution in [3.8, 4) is 5.88 Å². The lowest BCUT2D eigenvalue weighted by molar-refractivity contribution is -0.114. The monoisotopic (exact) mass is 350 g/mol. The fourth-order valence-corrected chi connectivity index (χ4v) is 1.85. The highest BCUT2D eigenvalue weighted by molar-refractivity contribution is 6.08. The van der Waals surface area contributed by atoms with Gasteiger partial charge in [0.15, 0.2) is 23.2 Å². The number of hydrogen-bond acceptors (Lipinski definition) is 6. The summed E-state index contributed by atoms with van der Waals surface area (Å²) in [5.74, 6) is -4.83. The van der Waals surface area contributed by atoms with Crippen LogP contribution in [0.25, 0.3) is 0 Å². The highest BCUT2D eigenvalue weighted by atomic mass is 19.2. The molecule has 0 bridgehead atoms. The molecule has 0 aliphatic heterocycles. The Morgan fingerprint density at radius 2 is 2.04 bits per heavy atom. The topological polar surface area (TPSA) is 99.0 Å². The first kappa shape index (κ1) is 18.1. The van der Waals surface area contributed by atoms with Crippen LogP contribution >= 0.6 is 0 Å². The number of aromatic hydroxyl groups is 1. The van der Waals surface area contributed by atoms with E-state index in [9.17, 15) is 23.1 Å². The molecule has 0 atom stereocenters. The van der Waals surface area contributed by atoms with E-state index in [0.29, 0.717) is 6.20 Å². The quantitative estimate of drug-likeness (QED) is 0.548. The van der Waals surface area contributed by atoms with Gasteiger partial charge in [-0.3, -0.25) is 10.2 Å². The van der Waals surface area contributed by atoms with Crippen LogP contribution in [0.5, 0.6) is 5.88 Å². The molecule has 0 spiro atoms. The average molecular weight is 350 g/mol. The number of nitrogens with one attached hydrogen (secondary N) is 2. The van der Waals surface area contributed by atoms with E-state index in [4.69, 9.17) is 5.41 Å². The molecule has 2 aromatic rings. The van der Waals surface area contributed by atoms with Gasteiger partial charge in [-0.2, -0.15) is 9.37 Å². The molecule has 0 aliphatic rings. The molecule has 0 amide bonds. The smallest absolute Gasteiger partial charge is 0.251 e. The second-order valence-corrected chi connectivity index (χ2v) is 4.96. The Labute approximate surface area is 140 Å². The fourth-order valence-electron chi connectivity index (χ4n) is 1.85. The Balaban J connectivity index is 2.20. The average Bonchev–Trinajstić information content (AvgIpc) is 2.56. The first-order valence-corrected chi connectivity index (χ1v) is 6.99. The molecule has 9 heteroatoms. The molecule has 6 nitrogen and oxygen atoms in total. The molecule has 1 aromatic carbocycles. The van der Waals surface area contributed by atoms with E-state index in [-0.39, 0.29) is 29.3 Å². The van der Waals surface area contributed by atoms with Crippen LogP contribution in [0, 0.1) is 22.9 Å². The Kier molecular flexibility index (Phi) is 5.48. The summed E-state index contributed by atoms with van der Waals surface area (Å²) in [6.45, 7) is 1.01. The molecule has 0 radical (unpaired) electrons. The lowest BCUT2D eigenvalue weighted by Crippen LogP contribution is -2.21. The molecule has 0 saturated heterocycles. The summed E-state index contributed by atoms with van der Waals surface area (Å²) in [5.41, 5.74) is -0.469. The molecule has 130 valence electrons. The van der Waals surface area contributed by atoms with Gasteiger partial charge in [0.1, 0.15) is 5.71 Å². The summed E-state index contributed by atoms with van der Waals surface area (Å²) < 4.78 is 39.7. The summed E-state index contributed by atoms with van der Waals surface area (Å²) in [6, 6.07) is 3.63. The van der Waals surface area contributed by atoms with E-state index in [1.54, 1.807) is 0 Å². The van der Waals surface area contributed by atoms with Crippen LogP contribution < -0.4 is 5.32 Å². The Morgan fingerprint density at radius 1 is 1.32 bits per heavy atom. The Hall–Kier alpha value is -3.23. The van der Waals surface area contributed by atoms with Gasteiger partial charge in [-0.15, -0.1) is 0 Å². The van der Waals surface area contributed by atoms with E-state index in [0.717, 1.165) is 12.1 Å². The van der Waals surface area contributed by atoms with E-state index in [1.807, 2.05) is 0 Å². The van der Waals surface area contributed by atoms with Gasteiger partial charge in [0, 0.05) is 19.0 Å². The third kappa shape index (κ3) is 4.40. The molecule has 0 aliphatic carbocycles. The highest BCUT2D eigenvalue weighted by Crippen LogP contribution is 2.13. The molecule has 1 aromatic heterocycles. The number of rotatable bonds is 6. The first-order chi connectivity index (χ1) is 11.8. The predicted molar refractivity (Wildman–Crippen MR) is 82.4 cm³/mol. The maximum atomic E-state index is 13.6. The first-order valence-electron chi connectivity index (χ1n) is 6.99. The van der Waals surface area contributed by atoms with Gasteiger partial charge in [-0.05, 0) is 12.1 Å². The van der Waals surface area contributed by atoms with Crippen molar-refractivity contribution < 1.29 is 23.1 Å². The van der Waals surface area contributed by atoms with Crippen LogP contribution in [0.1, 0.15) is 18.3 Å². The van der Waals surface area contributed by atoms with Crippen molar-refractivity contribution in [2.24, 2.45) is 0 Å². The number of benzene rings is 1. The van der Waals surface area contributed by atoms with E-state index in [1.165, 1.54) is 19.1 Å². The zero-order valence-electron chi connectivity index (χ0n) is 13.0. The number of aromatic nitrogens is 2. The molecule has 25 heavy (non-hydrogen) atoms. The van der Waals surface area contributed by atoms with Crippen molar-refractivity contribution in [3.05, 3.63) is 65.0 Å². The van der Waals surface area contributed by atoms with Gasteiger partial charge in [0.05, 0.1) is 11.9 Å². The highest BCUT2D eigenvalue weighted by Gasteiger charge is 2.13. The zero-order chi connectivity index (χ0) is 18.6. The van der Waals surface area contributed by atoms with Crippen LogP contribution in [-0.4, -0.2) is 26.6 Å². The molecule has 0 saturated carbocycles. The lowest BCUT2D eigenvalue weighted by atomic mass is 10.1. The molecule has 1 heterocycles. The summed E-state index contributed by atoms with van der Waals surface area (Å²) >= 11 is 0. The number of allylic oxidation sites excluding steroid dienone is 2. The maximum absolute atomic E-state index is 13.6. The Bertz CT molecular complexity index is 868. The number of carbonyl (C=O) groups is 1. The maximum Gasteiger partial charge on any atom is 0.251 e. The minimum absolute atomic E-state index is 0.00522. The summed E-state index contributed by atoms with van der Waals surface area (Å²) in [7, 11) is 0. The third-order valence-electron chi connectivity index (χ3n) is 3.14. The van der Waals surface area contributed by atoms with Crippen LogP contribution in [0.3, 0.4) is 0 Å². The number of hydrogen-bond donors (Lipinski definition) is 3. The molecular formula is C16H13F3N4O2. The minimum atomic E-state index is -1.05. The van der Waals surface area contributed by atoms with Crippen molar-refractivity contribution in [1.29, 1.82) is 5.41 Å². The van der Waals surface area contributed by atoms with Crippen LogP contribution in [0.2, 0.25) is 0 Å². The van der Waals surface area contributed by atoms with E-state index in [2.05, 4.69) is 15.3 Å². The van der Waals surface area contributed by atoms with Crippen molar-refractivity contribution >= 4 is 11.5 Å². The minimum Gasteiger partial charge on any atom is -0.491 e. The van der Waals surface area contributed by atoms with Crippen LogP contribution in [0.15, 0.2) is 36.2 Å². The van der Waals surface area contributed by atoms with Gasteiger partial charge >= 0.3 is 0 Å². The van der Waals surface area contributed by atoms with Crippen LogP contribution in [0.4, 0.5) is 13.2 Å². The normalized spacial score (nSPS) is 11.3. The summed E-state index contributed by atoms with van der Waals surface area (Å²) in [5, 5.41) is 19.6. The van der Waals surface area contributed by atoms with Gasteiger partial charge in [0.2, 0.25) is 5.82 Å². The van der Waals surface area contributed by atoms with Gasteiger partial charge < -0.3 is 10.4 Å². The SMILES string of the molecule is CC(=O)/C(=C/C(=N)c1ncc(F)c(O)n1)NCc1cccc(F)c1F. The van der Waals surface area contributed by atoms with Crippen molar-refractivity contribution in [3.63, 3.8) is 0 Å². The second kappa shape index (κ2) is 7.56. The number of nitrogens with zero attached hydrogens (tertiary/aromatic N) is 2. The van der Waals surface area contributed by atoms with E-state index < -0.39 is 29.1 Å². The molecular weight excluding hydrogens is 337 g/mol. The van der Waals surface area contributed by atoms with Crippen molar-refractivity contribution in [2.45, 2.75) is 13.5 Å². The number of carbonyl (C=O) groups excluding carboxylic acids is 1. The van der Waals surface area contributed by atoms with Crippen LogP contribution in [-0.2, 0) is 11.3 Å². The molecule has 3 N–H and O–H groups in total. The number of ketones is 1. The molecule has 0 unspecified atom stereocenters. The van der Waals surface area contributed by atoms with Gasteiger partial charge in [0.25, 0.3) is 5.88 Å². The Morgan fingerprint density at radius 3 is 2.68 bits per heavy atom. The van der Waals surface area contributed by atoms with E-state index >= 15 is 0 Å². The van der Waals surface area contributed by atoms with Crippen molar-refractivity contribution in [2.75, 3.05) is 0 Å². The number of halogens is 3. The standard InChI is InChI=1S/C16H13F3N4O2/c1-8(24)13(21-6-9-3-2-4-10(17)14(9)19)5-12(20)15-22-7-11(18)16(25)23-15/h2-5,7,20-21H,6H2,1H3,(H,22,23,25)/b13-5-,20-12?. The fraction of sp³-hybridized carbons (Fsp3) is 0.125. The largest absolute Gasteiger partial charge is 0.491 e. The van der Waals surface area contributed by atoms with Crippen molar-refractivity contribution in [1.82, 2.24) is 15.3 Å². The molecule has 2 rings (SSSR count). The molecule has 0 fully saturated rings. The number of Topliss-reactive ketones (excluding diaryl/α,β-unsaturated/α-hetero) is 1. The third-order valence-corrected chi connectivity index (χ3v) is 3.14. The predicted octanol–water partition coefficient (Wildman–Crippen LogP) is 2.23.